The Kier molecular flexibility index (Phi) is 4.66. The SMILES string of the molecule is Fc1ccccc1-c1cc(C=NCc2c[nH]c(-c3ccccc3F)c2)c[nH]1. The van der Waals surface area contributed by atoms with Gasteiger partial charge in [0.15, 0.2) is 0 Å². The molecule has 0 saturated heterocycles. The first-order valence-corrected chi connectivity index (χ1v) is 8.56. The Hall–Kier alpha value is -3.47. The highest BCUT2D eigenvalue weighted by Gasteiger charge is 2.07. The zero-order valence-electron chi connectivity index (χ0n) is 14.4. The highest BCUT2D eigenvalue weighted by Crippen LogP contribution is 2.23. The quantitative estimate of drug-likeness (QED) is 0.436. The fourth-order valence-corrected chi connectivity index (χ4v) is 2.94. The average molecular weight is 361 g/mol. The maximum atomic E-state index is 13.8. The van der Waals surface area contributed by atoms with Gasteiger partial charge in [0.25, 0.3) is 0 Å². The van der Waals surface area contributed by atoms with Crippen molar-refractivity contribution in [3.8, 4) is 22.5 Å². The maximum Gasteiger partial charge on any atom is 0.132 e. The van der Waals surface area contributed by atoms with Gasteiger partial charge in [-0.1, -0.05) is 24.3 Å². The summed E-state index contributed by atoms with van der Waals surface area (Å²) in [6.07, 6.45) is 5.34. The molecular formula is C22H17F2N3. The lowest BCUT2D eigenvalue weighted by Crippen LogP contribution is -1.83. The molecule has 0 amide bonds. The van der Waals surface area contributed by atoms with Crippen LogP contribution in [0.25, 0.3) is 22.5 Å². The van der Waals surface area contributed by atoms with E-state index in [9.17, 15) is 8.78 Å². The number of nitrogens with one attached hydrogen (secondary N) is 2. The largest absolute Gasteiger partial charge is 0.361 e. The monoisotopic (exact) mass is 361 g/mol. The normalized spacial score (nSPS) is 11.3. The van der Waals surface area contributed by atoms with Crippen LogP contribution in [0.15, 0.2) is 78.0 Å². The van der Waals surface area contributed by atoms with E-state index in [0.29, 0.717) is 23.4 Å². The van der Waals surface area contributed by atoms with Crippen molar-refractivity contribution in [1.29, 1.82) is 0 Å². The van der Waals surface area contributed by atoms with E-state index in [2.05, 4.69) is 15.0 Å². The second kappa shape index (κ2) is 7.41. The predicted octanol–water partition coefficient (Wildman–Crippen LogP) is 5.57. The highest BCUT2D eigenvalue weighted by atomic mass is 19.1. The van der Waals surface area contributed by atoms with E-state index >= 15 is 0 Å². The summed E-state index contributed by atoms with van der Waals surface area (Å²) in [5, 5.41) is 0. The van der Waals surface area contributed by atoms with Crippen LogP contribution >= 0.6 is 0 Å². The van der Waals surface area contributed by atoms with Crippen LogP contribution in [0.5, 0.6) is 0 Å². The first-order valence-electron chi connectivity index (χ1n) is 8.56. The van der Waals surface area contributed by atoms with Crippen LogP contribution in [-0.4, -0.2) is 16.2 Å². The molecule has 134 valence electrons. The standard InChI is InChI=1S/C22H17F2N3/c23-19-7-3-1-5-17(19)21-9-15(13-26-21)11-25-12-16-10-22(27-14-16)18-6-2-4-8-20(18)24/h1-11,13-14,26-27H,12H2. The molecule has 0 unspecified atom stereocenters. The number of aromatic nitrogens is 2. The number of hydrogen-bond donors (Lipinski definition) is 2. The summed E-state index contributed by atoms with van der Waals surface area (Å²) in [6.45, 7) is 0.463. The van der Waals surface area contributed by atoms with Crippen LogP contribution in [0.4, 0.5) is 8.78 Å². The minimum absolute atomic E-state index is 0.262. The van der Waals surface area contributed by atoms with Crippen molar-refractivity contribution >= 4 is 6.21 Å². The van der Waals surface area contributed by atoms with E-state index in [1.54, 1.807) is 48.8 Å². The third-order valence-corrected chi connectivity index (χ3v) is 4.29. The van der Waals surface area contributed by atoms with Crippen molar-refractivity contribution in [2.75, 3.05) is 0 Å². The zero-order valence-corrected chi connectivity index (χ0v) is 14.4. The van der Waals surface area contributed by atoms with Gasteiger partial charge in [-0.15, -0.1) is 0 Å². The minimum atomic E-state index is -0.268. The molecule has 0 aliphatic carbocycles. The van der Waals surface area contributed by atoms with Gasteiger partial charge in [0.1, 0.15) is 11.6 Å². The Balaban J connectivity index is 1.45. The van der Waals surface area contributed by atoms with Gasteiger partial charge >= 0.3 is 0 Å². The molecule has 27 heavy (non-hydrogen) atoms. The summed E-state index contributed by atoms with van der Waals surface area (Å²) in [5.41, 5.74) is 4.30. The Morgan fingerprint density at radius 1 is 0.778 bits per heavy atom. The van der Waals surface area contributed by atoms with E-state index in [0.717, 1.165) is 16.8 Å². The zero-order chi connectivity index (χ0) is 18.6. The third-order valence-electron chi connectivity index (χ3n) is 4.29. The summed E-state index contributed by atoms with van der Waals surface area (Å²) >= 11 is 0. The van der Waals surface area contributed by atoms with E-state index in [1.165, 1.54) is 12.1 Å². The molecule has 0 saturated carbocycles. The number of rotatable bonds is 5. The Bertz CT molecular complexity index is 1090. The first-order chi connectivity index (χ1) is 13.2. The topological polar surface area (TPSA) is 43.9 Å². The number of aliphatic imine (C=N–C) groups is 1. The number of H-pyrrole nitrogens is 2. The minimum Gasteiger partial charge on any atom is -0.361 e. The van der Waals surface area contributed by atoms with Gasteiger partial charge in [0.2, 0.25) is 0 Å². The molecule has 0 bridgehead atoms. The molecule has 5 heteroatoms. The van der Waals surface area contributed by atoms with Crippen LogP contribution in [0.1, 0.15) is 11.1 Å². The number of halogens is 2. The van der Waals surface area contributed by atoms with Gasteiger partial charge in [-0.2, -0.15) is 0 Å². The number of nitrogens with zero attached hydrogens (tertiary/aromatic N) is 1. The Morgan fingerprint density at radius 3 is 2.04 bits per heavy atom. The molecule has 0 spiro atoms. The van der Waals surface area contributed by atoms with Crippen molar-refractivity contribution in [3.63, 3.8) is 0 Å². The summed E-state index contributed by atoms with van der Waals surface area (Å²) < 4.78 is 27.7. The lowest BCUT2D eigenvalue weighted by molar-refractivity contribution is 0.630. The predicted molar refractivity (Wildman–Crippen MR) is 104 cm³/mol. The Labute approximate surface area is 155 Å². The fraction of sp³-hybridized carbons (Fsp3) is 0.0455. The molecule has 2 aromatic carbocycles. The summed E-state index contributed by atoms with van der Waals surface area (Å²) in [5.74, 6) is -0.529. The smallest absolute Gasteiger partial charge is 0.132 e. The van der Waals surface area contributed by atoms with Crippen LogP contribution in [-0.2, 0) is 6.54 Å². The molecule has 3 nitrogen and oxygen atoms in total. The van der Waals surface area contributed by atoms with Gasteiger partial charge in [-0.25, -0.2) is 8.78 Å². The molecular weight excluding hydrogens is 344 g/mol. The molecule has 0 aliphatic rings. The molecule has 4 aromatic rings. The second-order valence-corrected chi connectivity index (χ2v) is 6.20. The lowest BCUT2D eigenvalue weighted by Gasteiger charge is -1.98. The van der Waals surface area contributed by atoms with E-state index in [-0.39, 0.29) is 11.6 Å². The van der Waals surface area contributed by atoms with Crippen molar-refractivity contribution in [2.45, 2.75) is 6.54 Å². The van der Waals surface area contributed by atoms with Crippen molar-refractivity contribution < 1.29 is 8.78 Å². The van der Waals surface area contributed by atoms with E-state index < -0.39 is 0 Å². The van der Waals surface area contributed by atoms with E-state index in [1.807, 2.05) is 18.3 Å². The molecule has 0 radical (unpaired) electrons. The molecule has 2 aromatic heterocycles. The van der Waals surface area contributed by atoms with Gasteiger partial charge in [-0.3, -0.25) is 4.99 Å². The molecule has 2 N–H and O–H groups in total. The number of aromatic amines is 2. The summed E-state index contributed by atoms with van der Waals surface area (Å²) in [7, 11) is 0. The van der Waals surface area contributed by atoms with Gasteiger partial charge in [-0.05, 0) is 42.0 Å². The molecule has 0 atom stereocenters. The molecule has 0 fully saturated rings. The molecule has 4 rings (SSSR count). The fourth-order valence-electron chi connectivity index (χ4n) is 2.94. The Morgan fingerprint density at radius 2 is 1.37 bits per heavy atom. The highest BCUT2D eigenvalue weighted by molar-refractivity contribution is 5.82. The van der Waals surface area contributed by atoms with Crippen molar-refractivity contribution in [1.82, 2.24) is 9.97 Å². The van der Waals surface area contributed by atoms with Crippen molar-refractivity contribution in [2.24, 2.45) is 4.99 Å². The van der Waals surface area contributed by atoms with E-state index in [4.69, 9.17) is 0 Å². The van der Waals surface area contributed by atoms with Crippen molar-refractivity contribution in [3.05, 3.63) is 95.8 Å². The van der Waals surface area contributed by atoms with Crippen LogP contribution < -0.4 is 0 Å². The first kappa shape index (κ1) is 17.0. The summed E-state index contributed by atoms with van der Waals surface area (Å²) in [6, 6.07) is 17.0. The molecule has 0 aliphatic heterocycles. The number of hydrogen-bond acceptors (Lipinski definition) is 1. The number of benzene rings is 2. The lowest BCUT2D eigenvalue weighted by atomic mass is 10.1. The van der Waals surface area contributed by atoms with Gasteiger partial charge < -0.3 is 9.97 Å². The maximum absolute atomic E-state index is 13.8. The second-order valence-electron chi connectivity index (χ2n) is 6.20. The summed E-state index contributed by atoms with van der Waals surface area (Å²) in [4.78, 5) is 10.6. The van der Waals surface area contributed by atoms with Gasteiger partial charge in [0, 0.05) is 46.7 Å². The van der Waals surface area contributed by atoms with Crippen LogP contribution in [0, 0.1) is 11.6 Å². The molecule has 2 heterocycles. The average Bonchev–Trinajstić information content (AvgIpc) is 3.33. The van der Waals surface area contributed by atoms with Crippen LogP contribution in [0.2, 0.25) is 0 Å². The van der Waals surface area contributed by atoms with Gasteiger partial charge in [0.05, 0.1) is 6.54 Å². The third kappa shape index (κ3) is 3.72. The van der Waals surface area contributed by atoms with Crippen LogP contribution in [0.3, 0.4) is 0 Å².